The highest BCUT2D eigenvalue weighted by Gasteiger charge is 2.15. The molecule has 0 saturated carbocycles. The normalized spacial score (nSPS) is 12.6. The van der Waals surface area contributed by atoms with Crippen LogP contribution in [0.3, 0.4) is 0 Å². The second-order valence-corrected chi connectivity index (χ2v) is 10.2. The lowest BCUT2D eigenvalue weighted by atomic mass is 10.2. The number of rotatable bonds is 5. The van der Waals surface area contributed by atoms with Gasteiger partial charge >= 0.3 is 0 Å². The van der Waals surface area contributed by atoms with Crippen molar-refractivity contribution in [3.8, 4) is 0 Å². The Labute approximate surface area is 173 Å². The number of halogens is 1. The minimum Gasteiger partial charge on any atom is -0.319 e. The molecule has 3 aromatic rings. The number of carbonyl (C=O) groups is 1. The van der Waals surface area contributed by atoms with E-state index >= 15 is 0 Å². The van der Waals surface area contributed by atoms with Gasteiger partial charge in [0, 0.05) is 13.5 Å². The standard InChI is InChI=1S/C20H21ClN2O3S2/c1-13-6-9-15(10-7-13)28(25,26)12-4-5-17(24)22-20-23(3)18-14(2)8-11-16(21)19(18)27-20/h6-11H,4-5,12H2,1-3H3. The van der Waals surface area contributed by atoms with Crippen LogP contribution in [-0.2, 0) is 21.7 Å². The zero-order valence-corrected chi connectivity index (χ0v) is 18.3. The van der Waals surface area contributed by atoms with Crippen molar-refractivity contribution >= 4 is 48.9 Å². The van der Waals surface area contributed by atoms with E-state index in [1.54, 1.807) is 24.3 Å². The van der Waals surface area contributed by atoms with Crippen LogP contribution in [0.4, 0.5) is 0 Å². The number of nitrogens with zero attached hydrogens (tertiary/aromatic N) is 2. The Bertz CT molecular complexity index is 1210. The molecule has 1 aromatic heterocycles. The number of fused-ring (bicyclic) bond motifs is 1. The Kier molecular flexibility index (Phi) is 6.07. The Morgan fingerprint density at radius 2 is 1.82 bits per heavy atom. The summed E-state index contributed by atoms with van der Waals surface area (Å²) in [7, 11) is -1.56. The van der Waals surface area contributed by atoms with E-state index in [0.717, 1.165) is 21.3 Å². The van der Waals surface area contributed by atoms with E-state index in [4.69, 9.17) is 11.6 Å². The number of sulfone groups is 1. The summed E-state index contributed by atoms with van der Waals surface area (Å²) in [5, 5.41) is 0.624. The second kappa shape index (κ2) is 8.19. The molecule has 0 bridgehead atoms. The minimum atomic E-state index is -3.40. The summed E-state index contributed by atoms with van der Waals surface area (Å²) in [6, 6.07) is 10.5. The van der Waals surface area contributed by atoms with Crippen LogP contribution in [-0.4, -0.2) is 24.6 Å². The Morgan fingerprint density at radius 1 is 1.14 bits per heavy atom. The number of hydrogen-bond donors (Lipinski definition) is 0. The van der Waals surface area contributed by atoms with E-state index in [2.05, 4.69) is 4.99 Å². The van der Waals surface area contributed by atoms with Gasteiger partial charge in [0.1, 0.15) is 0 Å². The molecule has 0 aliphatic heterocycles. The summed E-state index contributed by atoms with van der Waals surface area (Å²) >= 11 is 7.61. The van der Waals surface area contributed by atoms with Crippen molar-refractivity contribution in [3.05, 3.63) is 57.3 Å². The number of aromatic nitrogens is 1. The molecule has 0 aliphatic rings. The van der Waals surface area contributed by atoms with E-state index in [-0.39, 0.29) is 29.4 Å². The van der Waals surface area contributed by atoms with Crippen LogP contribution in [0.15, 0.2) is 46.3 Å². The molecule has 0 spiro atoms. The number of carbonyl (C=O) groups excluding carboxylic acids is 1. The lowest BCUT2D eigenvalue weighted by molar-refractivity contribution is -0.118. The monoisotopic (exact) mass is 436 g/mol. The van der Waals surface area contributed by atoms with Crippen molar-refractivity contribution in [2.75, 3.05) is 5.75 Å². The molecular weight excluding hydrogens is 416 g/mol. The van der Waals surface area contributed by atoms with Crippen LogP contribution >= 0.6 is 22.9 Å². The third-order valence-electron chi connectivity index (χ3n) is 4.51. The zero-order chi connectivity index (χ0) is 20.5. The maximum Gasteiger partial charge on any atom is 0.248 e. The van der Waals surface area contributed by atoms with Gasteiger partial charge in [-0.2, -0.15) is 4.99 Å². The topological polar surface area (TPSA) is 68.5 Å². The van der Waals surface area contributed by atoms with E-state index in [0.29, 0.717) is 9.82 Å². The first-order chi connectivity index (χ1) is 13.2. The van der Waals surface area contributed by atoms with Gasteiger partial charge in [-0.1, -0.05) is 46.7 Å². The second-order valence-electron chi connectivity index (χ2n) is 6.73. The molecule has 0 aliphatic carbocycles. The molecule has 5 nitrogen and oxygen atoms in total. The summed E-state index contributed by atoms with van der Waals surface area (Å²) in [4.78, 5) is 17.3. The van der Waals surface area contributed by atoms with Crippen molar-refractivity contribution < 1.29 is 13.2 Å². The maximum atomic E-state index is 12.4. The lowest BCUT2D eigenvalue weighted by Crippen LogP contribution is -2.14. The Hall–Kier alpha value is -1.96. The largest absolute Gasteiger partial charge is 0.319 e. The third-order valence-corrected chi connectivity index (χ3v) is 7.91. The smallest absolute Gasteiger partial charge is 0.248 e. The highest BCUT2D eigenvalue weighted by atomic mass is 35.5. The van der Waals surface area contributed by atoms with Crippen LogP contribution in [0.5, 0.6) is 0 Å². The zero-order valence-electron chi connectivity index (χ0n) is 15.9. The fourth-order valence-electron chi connectivity index (χ4n) is 2.95. The average Bonchev–Trinajstić information content (AvgIpc) is 2.96. The molecular formula is C20H21ClN2O3S2. The SMILES string of the molecule is Cc1ccc(S(=O)(=O)CCCC(=O)N=c2sc3c(Cl)ccc(C)c3n2C)cc1. The van der Waals surface area contributed by atoms with Gasteiger partial charge in [0.25, 0.3) is 0 Å². The molecule has 1 amide bonds. The number of hydrogen-bond acceptors (Lipinski definition) is 4. The van der Waals surface area contributed by atoms with Gasteiger partial charge in [-0.15, -0.1) is 0 Å². The number of aryl methyl sites for hydroxylation is 3. The van der Waals surface area contributed by atoms with Crippen molar-refractivity contribution in [1.82, 2.24) is 4.57 Å². The molecule has 0 fully saturated rings. The fraction of sp³-hybridized carbons (Fsp3) is 0.300. The summed E-state index contributed by atoms with van der Waals surface area (Å²) in [5.41, 5.74) is 3.00. The van der Waals surface area contributed by atoms with E-state index in [9.17, 15) is 13.2 Å². The Balaban J connectivity index is 1.73. The van der Waals surface area contributed by atoms with Gasteiger partial charge in [0.2, 0.25) is 5.91 Å². The van der Waals surface area contributed by atoms with E-state index in [1.807, 2.05) is 37.6 Å². The van der Waals surface area contributed by atoms with Crippen molar-refractivity contribution in [2.24, 2.45) is 12.0 Å². The minimum absolute atomic E-state index is 0.0754. The van der Waals surface area contributed by atoms with Crippen molar-refractivity contribution in [2.45, 2.75) is 31.6 Å². The van der Waals surface area contributed by atoms with Gasteiger partial charge in [-0.25, -0.2) is 8.42 Å². The van der Waals surface area contributed by atoms with Gasteiger partial charge in [-0.05, 0) is 44.0 Å². The molecule has 3 rings (SSSR count). The van der Waals surface area contributed by atoms with Crippen LogP contribution < -0.4 is 4.80 Å². The molecule has 1 heterocycles. The summed E-state index contributed by atoms with van der Waals surface area (Å²) < 4.78 is 27.5. The van der Waals surface area contributed by atoms with E-state index < -0.39 is 9.84 Å². The quantitative estimate of drug-likeness (QED) is 0.602. The first-order valence-corrected chi connectivity index (χ1v) is 11.7. The molecule has 0 atom stereocenters. The molecule has 28 heavy (non-hydrogen) atoms. The number of amides is 1. The maximum absolute atomic E-state index is 12.4. The fourth-order valence-corrected chi connectivity index (χ4v) is 5.65. The van der Waals surface area contributed by atoms with Crippen molar-refractivity contribution in [1.29, 1.82) is 0 Å². The number of benzene rings is 2. The molecule has 0 saturated heterocycles. The summed E-state index contributed by atoms with van der Waals surface area (Å²) in [6.07, 6.45) is 0.305. The van der Waals surface area contributed by atoms with Crippen LogP contribution in [0.1, 0.15) is 24.0 Å². The van der Waals surface area contributed by atoms with Crippen molar-refractivity contribution in [3.63, 3.8) is 0 Å². The molecule has 2 aromatic carbocycles. The molecule has 148 valence electrons. The predicted octanol–water partition coefficient (Wildman–Crippen LogP) is 4.19. The van der Waals surface area contributed by atoms with E-state index in [1.165, 1.54) is 11.3 Å². The van der Waals surface area contributed by atoms with Crippen LogP contribution in [0, 0.1) is 13.8 Å². The van der Waals surface area contributed by atoms with Gasteiger partial charge in [0.15, 0.2) is 14.6 Å². The molecule has 0 radical (unpaired) electrons. The molecule has 0 N–H and O–H groups in total. The third kappa shape index (κ3) is 4.37. The van der Waals surface area contributed by atoms with Gasteiger partial charge in [-0.3, -0.25) is 4.79 Å². The predicted molar refractivity (Wildman–Crippen MR) is 114 cm³/mol. The molecule has 8 heteroatoms. The highest BCUT2D eigenvalue weighted by Crippen LogP contribution is 2.28. The molecule has 0 unspecified atom stereocenters. The highest BCUT2D eigenvalue weighted by molar-refractivity contribution is 7.91. The van der Waals surface area contributed by atoms with Crippen LogP contribution in [0.2, 0.25) is 5.02 Å². The first kappa shape index (κ1) is 20.8. The van der Waals surface area contributed by atoms with Crippen LogP contribution in [0.25, 0.3) is 10.2 Å². The average molecular weight is 437 g/mol. The van der Waals surface area contributed by atoms with Gasteiger partial charge in [0.05, 0.1) is 25.9 Å². The number of thiazole rings is 1. The lowest BCUT2D eigenvalue weighted by Gasteiger charge is -2.04. The first-order valence-electron chi connectivity index (χ1n) is 8.80. The Morgan fingerprint density at radius 3 is 2.46 bits per heavy atom. The van der Waals surface area contributed by atoms with Gasteiger partial charge < -0.3 is 4.57 Å². The summed E-state index contributed by atoms with van der Waals surface area (Å²) in [6.45, 7) is 3.88. The summed E-state index contributed by atoms with van der Waals surface area (Å²) in [5.74, 6) is -0.420.